The number of amides is 1. The van der Waals surface area contributed by atoms with Crippen molar-refractivity contribution >= 4 is 22.6 Å². The van der Waals surface area contributed by atoms with Crippen LogP contribution in [0.4, 0.5) is 5.69 Å². The minimum Gasteiger partial charge on any atom is -0.378 e. The SMILES string of the molecule is Cc1cc(C(=O)N[C@H](C)c2ccc(N3CCOCC3)cc2)c2c(C)nn(C)c2n1. The molecule has 1 amide bonds. The van der Waals surface area contributed by atoms with Crippen LogP contribution in [-0.2, 0) is 11.8 Å². The summed E-state index contributed by atoms with van der Waals surface area (Å²) in [6.45, 7) is 9.16. The van der Waals surface area contributed by atoms with Crippen molar-refractivity contribution in [2.75, 3.05) is 31.2 Å². The van der Waals surface area contributed by atoms with Gasteiger partial charge in [-0.25, -0.2) is 4.98 Å². The highest BCUT2D eigenvalue weighted by Gasteiger charge is 2.20. The van der Waals surface area contributed by atoms with Crippen LogP contribution in [0.1, 0.15) is 40.3 Å². The molecule has 152 valence electrons. The number of hydrogen-bond donors (Lipinski definition) is 1. The molecule has 29 heavy (non-hydrogen) atoms. The summed E-state index contributed by atoms with van der Waals surface area (Å²) < 4.78 is 7.14. The molecule has 0 saturated carbocycles. The topological polar surface area (TPSA) is 72.3 Å². The van der Waals surface area contributed by atoms with Crippen LogP contribution in [0.25, 0.3) is 11.0 Å². The van der Waals surface area contributed by atoms with Crippen molar-refractivity contribution < 1.29 is 9.53 Å². The van der Waals surface area contributed by atoms with Gasteiger partial charge in [-0.05, 0) is 44.5 Å². The lowest BCUT2D eigenvalue weighted by Gasteiger charge is -2.29. The van der Waals surface area contributed by atoms with Gasteiger partial charge in [0.05, 0.1) is 35.9 Å². The molecule has 0 aliphatic carbocycles. The maximum atomic E-state index is 13.1. The summed E-state index contributed by atoms with van der Waals surface area (Å²) >= 11 is 0. The third-order valence-electron chi connectivity index (χ3n) is 5.46. The number of hydrogen-bond acceptors (Lipinski definition) is 5. The smallest absolute Gasteiger partial charge is 0.252 e. The fraction of sp³-hybridized carbons (Fsp3) is 0.409. The number of nitrogens with one attached hydrogen (secondary N) is 1. The van der Waals surface area contributed by atoms with Crippen LogP contribution >= 0.6 is 0 Å². The fourth-order valence-corrected chi connectivity index (χ4v) is 3.90. The maximum Gasteiger partial charge on any atom is 0.252 e. The third-order valence-corrected chi connectivity index (χ3v) is 5.46. The number of pyridine rings is 1. The van der Waals surface area contributed by atoms with Crippen molar-refractivity contribution in [3.63, 3.8) is 0 Å². The van der Waals surface area contributed by atoms with Crippen molar-refractivity contribution in [2.24, 2.45) is 7.05 Å². The first-order chi connectivity index (χ1) is 13.9. The number of rotatable bonds is 4. The van der Waals surface area contributed by atoms with Gasteiger partial charge in [0.15, 0.2) is 5.65 Å². The number of aryl methyl sites for hydroxylation is 3. The first kappa shape index (κ1) is 19.4. The maximum absolute atomic E-state index is 13.1. The van der Waals surface area contributed by atoms with Gasteiger partial charge in [-0.3, -0.25) is 9.48 Å². The summed E-state index contributed by atoms with van der Waals surface area (Å²) in [5.74, 6) is -0.110. The zero-order valence-corrected chi connectivity index (χ0v) is 17.4. The van der Waals surface area contributed by atoms with E-state index in [1.807, 2.05) is 33.9 Å². The molecule has 2 aromatic heterocycles. The monoisotopic (exact) mass is 393 g/mol. The molecule has 1 aliphatic rings. The summed E-state index contributed by atoms with van der Waals surface area (Å²) in [5, 5.41) is 8.37. The van der Waals surface area contributed by atoms with Gasteiger partial charge in [0.25, 0.3) is 5.91 Å². The minimum absolute atomic E-state index is 0.110. The quantitative estimate of drug-likeness (QED) is 0.738. The molecule has 0 bridgehead atoms. The highest BCUT2D eigenvalue weighted by Crippen LogP contribution is 2.24. The second kappa shape index (κ2) is 7.83. The van der Waals surface area contributed by atoms with Crippen LogP contribution in [0.3, 0.4) is 0 Å². The number of nitrogens with zero attached hydrogens (tertiary/aromatic N) is 4. The molecule has 0 spiro atoms. The van der Waals surface area contributed by atoms with Gasteiger partial charge in [-0.2, -0.15) is 5.10 Å². The number of anilines is 1. The summed E-state index contributed by atoms with van der Waals surface area (Å²) in [7, 11) is 1.85. The lowest BCUT2D eigenvalue weighted by molar-refractivity contribution is 0.0941. The fourth-order valence-electron chi connectivity index (χ4n) is 3.90. The molecule has 7 heteroatoms. The lowest BCUT2D eigenvalue weighted by Crippen LogP contribution is -2.36. The molecule has 0 unspecified atom stereocenters. The molecule has 1 aromatic carbocycles. The van der Waals surface area contributed by atoms with Crippen LogP contribution in [0.2, 0.25) is 0 Å². The van der Waals surface area contributed by atoms with Crippen LogP contribution in [-0.4, -0.2) is 47.0 Å². The number of aromatic nitrogens is 3. The first-order valence-corrected chi connectivity index (χ1v) is 9.98. The van der Waals surface area contributed by atoms with Crippen molar-refractivity contribution in [2.45, 2.75) is 26.8 Å². The lowest BCUT2D eigenvalue weighted by atomic mass is 10.1. The van der Waals surface area contributed by atoms with E-state index in [0.717, 1.165) is 54.3 Å². The number of benzene rings is 1. The predicted octanol–water partition coefficient (Wildman–Crippen LogP) is 2.91. The average molecular weight is 393 g/mol. The van der Waals surface area contributed by atoms with Gasteiger partial charge in [0.2, 0.25) is 0 Å². The van der Waals surface area contributed by atoms with Gasteiger partial charge < -0.3 is 15.0 Å². The Balaban J connectivity index is 1.53. The van der Waals surface area contributed by atoms with Gasteiger partial charge in [0.1, 0.15) is 0 Å². The Morgan fingerprint density at radius 3 is 2.55 bits per heavy atom. The Labute approximate surface area is 170 Å². The molecule has 1 atom stereocenters. The molecule has 7 nitrogen and oxygen atoms in total. The second-order valence-corrected chi connectivity index (χ2v) is 7.60. The Morgan fingerprint density at radius 1 is 1.17 bits per heavy atom. The van der Waals surface area contributed by atoms with E-state index < -0.39 is 0 Å². The summed E-state index contributed by atoms with van der Waals surface area (Å²) in [4.78, 5) is 19.9. The van der Waals surface area contributed by atoms with Crippen molar-refractivity contribution in [1.82, 2.24) is 20.1 Å². The summed E-state index contributed by atoms with van der Waals surface area (Å²) in [6, 6.07) is 10.1. The van der Waals surface area contributed by atoms with E-state index in [0.29, 0.717) is 5.56 Å². The zero-order chi connectivity index (χ0) is 20.5. The zero-order valence-electron chi connectivity index (χ0n) is 17.4. The summed E-state index contributed by atoms with van der Waals surface area (Å²) in [6.07, 6.45) is 0. The molecule has 3 aromatic rings. The Kier molecular flexibility index (Phi) is 5.24. The molecule has 1 N–H and O–H groups in total. The Morgan fingerprint density at radius 2 is 1.86 bits per heavy atom. The molecule has 1 aliphatic heterocycles. The van der Waals surface area contributed by atoms with Gasteiger partial charge in [0, 0.05) is 31.5 Å². The van der Waals surface area contributed by atoms with Gasteiger partial charge >= 0.3 is 0 Å². The molecule has 3 heterocycles. The average Bonchev–Trinajstić information content (AvgIpc) is 3.01. The number of morpholine rings is 1. The molecule has 1 saturated heterocycles. The predicted molar refractivity (Wildman–Crippen MR) is 113 cm³/mol. The van der Waals surface area contributed by atoms with Gasteiger partial charge in [-0.1, -0.05) is 12.1 Å². The van der Waals surface area contributed by atoms with Crippen molar-refractivity contribution in [3.8, 4) is 0 Å². The molecule has 0 radical (unpaired) electrons. The van der Waals surface area contributed by atoms with Crippen LogP contribution in [0, 0.1) is 13.8 Å². The highest BCUT2D eigenvalue weighted by atomic mass is 16.5. The highest BCUT2D eigenvalue weighted by molar-refractivity contribution is 6.06. The number of ether oxygens (including phenoxy) is 1. The number of carbonyl (C=O) groups is 1. The molecular formula is C22H27N5O2. The molecule has 1 fully saturated rings. The number of fused-ring (bicyclic) bond motifs is 1. The van der Waals surface area contributed by atoms with Crippen LogP contribution in [0.5, 0.6) is 0 Å². The third kappa shape index (κ3) is 3.82. The normalized spacial score (nSPS) is 15.5. The Bertz CT molecular complexity index is 1040. The summed E-state index contributed by atoms with van der Waals surface area (Å²) in [5.41, 5.74) is 5.22. The van der Waals surface area contributed by atoms with E-state index in [-0.39, 0.29) is 11.9 Å². The minimum atomic E-state index is -0.110. The molecular weight excluding hydrogens is 366 g/mol. The second-order valence-electron chi connectivity index (χ2n) is 7.60. The molecule has 4 rings (SSSR count). The van der Waals surface area contributed by atoms with Crippen molar-refractivity contribution in [3.05, 3.63) is 52.8 Å². The first-order valence-electron chi connectivity index (χ1n) is 9.98. The van der Waals surface area contributed by atoms with E-state index >= 15 is 0 Å². The van der Waals surface area contributed by atoms with E-state index in [2.05, 4.69) is 44.6 Å². The largest absolute Gasteiger partial charge is 0.378 e. The van der Waals surface area contributed by atoms with E-state index in [9.17, 15) is 4.79 Å². The van der Waals surface area contributed by atoms with E-state index in [1.165, 1.54) is 5.69 Å². The van der Waals surface area contributed by atoms with Gasteiger partial charge in [-0.15, -0.1) is 0 Å². The standard InChI is InChI=1S/C22H27N5O2/c1-14-13-19(20-16(3)25-26(4)21(20)23-14)22(28)24-15(2)17-5-7-18(8-6-17)27-9-11-29-12-10-27/h5-8,13,15H,9-12H2,1-4H3,(H,24,28)/t15-/m1/s1. The van der Waals surface area contributed by atoms with Crippen molar-refractivity contribution in [1.29, 1.82) is 0 Å². The number of carbonyl (C=O) groups excluding carboxylic acids is 1. The van der Waals surface area contributed by atoms with E-state index in [4.69, 9.17) is 4.74 Å². The Hall–Kier alpha value is -2.93. The van der Waals surface area contributed by atoms with E-state index in [1.54, 1.807) is 4.68 Å². The van der Waals surface area contributed by atoms with Crippen LogP contribution in [0.15, 0.2) is 30.3 Å². The van der Waals surface area contributed by atoms with Crippen LogP contribution < -0.4 is 10.2 Å².